The Bertz CT molecular complexity index is 626. The zero-order valence-electron chi connectivity index (χ0n) is 13.0. The first-order valence-corrected chi connectivity index (χ1v) is 7.81. The fourth-order valence-electron chi connectivity index (χ4n) is 2.86. The number of aryl methyl sites for hydroxylation is 1. The van der Waals surface area contributed by atoms with Crippen molar-refractivity contribution >= 4 is 5.91 Å². The molecular weight excluding hydrogens is 276 g/mol. The zero-order valence-corrected chi connectivity index (χ0v) is 13.0. The molecule has 0 unspecified atom stereocenters. The molecule has 5 heteroatoms. The van der Waals surface area contributed by atoms with E-state index in [0.29, 0.717) is 12.1 Å². The molecule has 2 aromatic rings. The van der Waals surface area contributed by atoms with Crippen LogP contribution in [-0.4, -0.2) is 46.5 Å². The molecular formula is C17H22N4O. The van der Waals surface area contributed by atoms with Gasteiger partial charge in [-0.2, -0.15) is 0 Å². The summed E-state index contributed by atoms with van der Waals surface area (Å²) >= 11 is 0. The van der Waals surface area contributed by atoms with Crippen molar-refractivity contribution in [3.8, 4) is 11.3 Å². The molecule has 116 valence electrons. The Morgan fingerprint density at radius 1 is 1.23 bits per heavy atom. The zero-order chi connectivity index (χ0) is 15.4. The fraction of sp³-hybridized carbons (Fsp3) is 0.412. The van der Waals surface area contributed by atoms with Crippen molar-refractivity contribution in [2.45, 2.75) is 12.8 Å². The SMILES string of the molecule is Cn1cncc1-c1ccc(C(=O)NCCN2CCCC2)cc1. The first-order valence-electron chi connectivity index (χ1n) is 7.81. The van der Waals surface area contributed by atoms with Crippen LogP contribution in [-0.2, 0) is 7.05 Å². The van der Waals surface area contributed by atoms with Gasteiger partial charge in [0.2, 0.25) is 0 Å². The third-order valence-corrected chi connectivity index (χ3v) is 4.17. The number of aromatic nitrogens is 2. The van der Waals surface area contributed by atoms with E-state index < -0.39 is 0 Å². The highest BCUT2D eigenvalue weighted by Gasteiger charge is 2.12. The quantitative estimate of drug-likeness (QED) is 0.917. The Morgan fingerprint density at radius 2 is 1.95 bits per heavy atom. The van der Waals surface area contributed by atoms with Crippen LogP contribution in [0.1, 0.15) is 23.2 Å². The number of rotatable bonds is 5. The lowest BCUT2D eigenvalue weighted by Crippen LogP contribution is -2.33. The third kappa shape index (κ3) is 3.36. The molecule has 2 heterocycles. The Morgan fingerprint density at radius 3 is 2.59 bits per heavy atom. The molecule has 0 radical (unpaired) electrons. The molecule has 0 aliphatic carbocycles. The number of hydrogen-bond acceptors (Lipinski definition) is 3. The molecule has 1 amide bonds. The lowest BCUT2D eigenvalue weighted by Gasteiger charge is -2.14. The van der Waals surface area contributed by atoms with Crippen LogP contribution >= 0.6 is 0 Å². The molecule has 1 aromatic carbocycles. The third-order valence-electron chi connectivity index (χ3n) is 4.17. The van der Waals surface area contributed by atoms with E-state index in [1.165, 1.54) is 12.8 Å². The Balaban J connectivity index is 1.55. The second-order valence-corrected chi connectivity index (χ2v) is 5.77. The molecule has 0 saturated carbocycles. The van der Waals surface area contributed by atoms with Crippen LogP contribution in [0.3, 0.4) is 0 Å². The summed E-state index contributed by atoms with van der Waals surface area (Å²) in [6, 6.07) is 7.67. The summed E-state index contributed by atoms with van der Waals surface area (Å²) in [5, 5.41) is 2.99. The Hall–Kier alpha value is -2.14. The molecule has 1 N–H and O–H groups in total. The minimum absolute atomic E-state index is 0.00393. The summed E-state index contributed by atoms with van der Waals surface area (Å²) < 4.78 is 1.96. The van der Waals surface area contributed by atoms with Gasteiger partial charge in [0.05, 0.1) is 18.2 Å². The highest BCUT2D eigenvalue weighted by molar-refractivity contribution is 5.94. The average Bonchev–Trinajstić information content (AvgIpc) is 3.19. The molecule has 1 aliphatic rings. The van der Waals surface area contributed by atoms with Crippen molar-refractivity contribution in [1.82, 2.24) is 19.8 Å². The van der Waals surface area contributed by atoms with Crippen molar-refractivity contribution < 1.29 is 4.79 Å². The number of imidazole rings is 1. The molecule has 22 heavy (non-hydrogen) atoms. The van der Waals surface area contributed by atoms with Gasteiger partial charge < -0.3 is 14.8 Å². The largest absolute Gasteiger partial charge is 0.351 e. The molecule has 1 aliphatic heterocycles. The second kappa shape index (κ2) is 6.75. The van der Waals surface area contributed by atoms with E-state index in [4.69, 9.17) is 0 Å². The van der Waals surface area contributed by atoms with E-state index in [1.54, 1.807) is 6.33 Å². The minimum atomic E-state index is -0.00393. The normalized spacial score (nSPS) is 15.1. The number of hydrogen-bond donors (Lipinski definition) is 1. The maximum Gasteiger partial charge on any atom is 0.251 e. The van der Waals surface area contributed by atoms with Crippen molar-refractivity contribution in [2.75, 3.05) is 26.2 Å². The summed E-state index contributed by atoms with van der Waals surface area (Å²) in [4.78, 5) is 18.6. The molecule has 0 atom stereocenters. The van der Waals surface area contributed by atoms with E-state index in [9.17, 15) is 4.79 Å². The molecule has 1 fully saturated rings. The molecule has 5 nitrogen and oxygen atoms in total. The van der Waals surface area contributed by atoms with E-state index in [-0.39, 0.29) is 5.91 Å². The summed E-state index contributed by atoms with van der Waals surface area (Å²) in [6.07, 6.45) is 6.16. The van der Waals surface area contributed by atoms with Crippen molar-refractivity contribution in [2.24, 2.45) is 7.05 Å². The smallest absolute Gasteiger partial charge is 0.251 e. The van der Waals surface area contributed by atoms with E-state index in [0.717, 1.165) is 30.9 Å². The first-order chi connectivity index (χ1) is 10.7. The van der Waals surface area contributed by atoms with Crippen LogP contribution in [0.25, 0.3) is 11.3 Å². The van der Waals surface area contributed by atoms with Crippen LogP contribution in [0.2, 0.25) is 0 Å². The minimum Gasteiger partial charge on any atom is -0.351 e. The van der Waals surface area contributed by atoms with Gasteiger partial charge >= 0.3 is 0 Å². The maximum atomic E-state index is 12.1. The van der Waals surface area contributed by atoms with E-state index in [1.807, 2.05) is 42.1 Å². The highest BCUT2D eigenvalue weighted by atomic mass is 16.1. The first kappa shape index (κ1) is 14.8. The number of nitrogens with one attached hydrogen (secondary N) is 1. The predicted molar refractivity (Wildman–Crippen MR) is 86.7 cm³/mol. The van der Waals surface area contributed by atoms with Gasteiger partial charge in [-0.15, -0.1) is 0 Å². The van der Waals surface area contributed by atoms with Crippen LogP contribution in [0, 0.1) is 0 Å². The average molecular weight is 298 g/mol. The topological polar surface area (TPSA) is 50.2 Å². The van der Waals surface area contributed by atoms with Gasteiger partial charge in [-0.3, -0.25) is 4.79 Å². The van der Waals surface area contributed by atoms with Gasteiger partial charge in [-0.1, -0.05) is 12.1 Å². The number of carbonyl (C=O) groups excluding carboxylic acids is 1. The highest BCUT2D eigenvalue weighted by Crippen LogP contribution is 2.18. The molecule has 0 bridgehead atoms. The Labute approximate surface area is 131 Å². The summed E-state index contributed by atoms with van der Waals surface area (Å²) in [6.45, 7) is 3.98. The lowest BCUT2D eigenvalue weighted by molar-refractivity contribution is 0.0950. The Kier molecular flexibility index (Phi) is 4.53. The van der Waals surface area contributed by atoms with Crippen LogP contribution in [0.4, 0.5) is 0 Å². The van der Waals surface area contributed by atoms with Gasteiger partial charge in [0.15, 0.2) is 0 Å². The number of benzene rings is 1. The standard InChI is InChI=1S/C17H22N4O/c1-20-13-18-12-16(20)14-4-6-15(7-5-14)17(22)19-8-11-21-9-2-3-10-21/h4-7,12-13H,2-3,8-11H2,1H3,(H,19,22). The van der Waals surface area contributed by atoms with Crippen LogP contribution < -0.4 is 5.32 Å². The van der Waals surface area contributed by atoms with E-state index in [2.05, 4.69) is 15.2 Å². The number of carbonyl (C=O) groups is 1. The number of nitrogens with zero attached hydrogens (tertiary/aromatic N) is 3. The van der Waals surface area contributed by atoms with Gasteiger partial charge in [-0.05, 0) is 43.6 Å². The monoisotopic (exact) mass is 298 g/mol. The number of likely N-dealkylation sites (tertiary alicyclic amines) is 1. The molecule has 1 aromatic heterocycles. The van der Waals surface area contributed by atoms with Crippen molar-refractivity contribution in [3.05, 3.63) is 42.4 Å². The summed E-state index contributed by atoms with van der Waals surface area (Å²) in [5.74, 6) is -0.00393. The number of amides is 1. The lowest BCUT2D eigenvalue weighted by atomic mass is 10.1. The maximum absolute atomic E-state index is 12.1. The molecule has 1 saturated heterocycles. The van der Waals surface area contributed by atoms with Gasteiger partial charge in [-0.25, -0.2) is 4.98 Å². The van der Waals surface area contributed by atoms with Crippen molar-refractivity contribution in [1.29, 1.82) is 0 Å². The molecule has 0 spiro atoms. The van der Waals surface area contributed by atoms with Gasteiger partial charge in [0.25, 0.3) is 5.91 Å². The van der Waals surface area contributed by atoms with E-state index >= 15 is 0 Å². The van der Waals surface area contributed by atoms with Crippen LogP contribution in [0.5, 0.6) is 0 Å². The molecule has 3 rings (SSSR count). The summed E-state index contributed by atoms with van der Waals surface area (Å²) in [7, 11) is 1.96. The predicted octanol–water partition coefficient (Wildman–Crippen LogP) is 1.91. The van der Waals surface area contributed by atoms with Gasteiger partial charge in [0.1, 0.15) is 0 Å². The van der Waals surface area contributed by atoms with Crippen LogP contribution in [0.15, 0.2) is 36.8 Å². The fourth-order valence-corrected chi connectivity index (χ4v) is 2.86. The second-order valence-electron chi connectivity index (χ2n) is 5.77. The summed E-state index contributed by atoms with van der Waals surface area (Å²) in [5.41, 5.74) is 2.81. The van der Waals surface area contributed by atoms with Gasteiger partial charge in [0, 0.05) is 25.7 Å². The van der Waals surface area contributed by atoms with Crippen molar-refractivity contribution in [3.63, 3.8) is 0 Å².